The predicted molar refractivity (Wildman–Crippen MR) is 83.7 cm³/mol. The maximum atomic E-state index is 12.6. The molecule has 2 heterocycles. The monoisotopic (exact) mass is 326 g/mol. The molecule has 0 aromatic carbocycles. The zero-order valence-electron chi connectivity index (χ0n) is 13.9. The number of ether oxygens (including phenoxy) is 1. The highest BCUT2D eigenvalue weighted by Crippen LogP contribution is 2.11. The SMILES string of the molecule is CCN1CCN(CC(=O)N2CCNC(=O)[C@@H]2CC(=O)OC)CC1. The van der Waals surface area contributed by atoms with Crippen LogP contribution in [-0.2, 0) is 19.1 Å². The van der Waals surface area contributed by atoms with Gasteiger partial charge in [-0.1, -0.05) is 6.92 Å². The summed E-state index contributed by atoms with van der Waals surface area (Å²) in [6.45, 7) is 7.91. The van der Waals surface area contributed by atoms with Gasteiger partial charge in [-0.25, -0.2) is 0 Å². The lowest BCUT2D eigenvalue weighted by Gasteiger charge is -2.38. The lowest BCUT2D eigenvalue weighted by Crippen LogP contribution is -2.60. The molecular weight excluding hydrogens is 300 g/mol. The van der Waals surface area contributed by atoms with E-state index in [0.717, 1.165) is 32.7 Å². The summed E-state index contributed by atoms with van der Waals surface area (Å²) in [5.41, 5.74) is 0. The topological polar surface area (TPSA) is 82.2 Å². The third-order valence-electron chi connectivity index (χ3n) is 4.51. The normalized spacial score (nSPS) is 23.5. The van der Waals surface area contributed by atoms with E-state index in [2.05, 4.69) is 26.8 Å². The molecule has 1 N–H and O–H groups in total. The van der Waals surface area contributed by atoms with Gasteiger partial charge < -0.3 is 19.9 Å². The van der Waals surface area contributed by atoms with Crippen LogP contribution in [0.3, 0.4) is 0 Å². The number of nitrogens with one attached hydrogen (secondary N) is 1. The molecular formula is C15H26N4O4. The van der Waals surface area contributed by atoms with Crippen molar-refractivity contribution in [1.82, 2.24) is 20.0 Å². The Labute approximate surface area is 136 Å². The second-order valence-electron chi connectivity index (χ2n) is 5.88. The molecule has 8 nitrogen and oxygen atoms in total. The van der Waals surface area contributed by atoms with Gasteiger partial charge in [-0.3, -0.25) is 19.3 Å². The number of hydrogen-bond donors (Lipinski definition) is 1. The molecule has 0 spiro atoms. The number of piperazine rings is 2. The second-order valence-corrected chi connectivity index (χ2v) is 5.88. The number of amides is 2. The molecule has 0 aliphatic carbocycles. The van der Waals surface area contributed by atoms with Crippen LogP contribution in [0.25, 0.3) is 0 Å². The van der Waals surface area contributed by atoms with E-state index >= 15 is 0 Å². The molecule has 0 aromatic heterocycles. The summed E-state index contributed by atoms with van der Waals surface area (Å²) >= 11 is 0. The molecule has 2 aliphatic rings. The zero-order chi connectivity index (χ0) is 16.8. The number of methoxy groups -OCH3 is 1. The third kappa shape index (κ3) is 4.65. The Balaban J connectivity index is 1.93. The van der Waals surface area contributed by atoms with E-state index in [-0.39, 0.29) is 18.2 Å². The van der Waals surface area contributed by atoms with E-state index in [1.807, 2.05) is 0 Å². The Hall–Kier alpha value is -1.67. The first-order chi connectivity index (χ1) is 11.0. The lowest BCUT2D eigenvalue weighted by molar-refractivity contribution is -0.150. The second kappa shape index (κ2) is 8.26. The quantitative estimate of drug-likeness (QED) is 0.620. The van der Waals surface area contributed by atoms with Crippen LogP contribution >= 0.6 is 0 Å². The fourth-order valence-corrected chi connectivity index (χ4v) is 3.00. The van der Waals surface area contributed by atoms with Crippen LogP contribution in [0.1, 0.15) is 13.3 Å². The van der Waals surface area contributed by atoms with Crippen molar-refractivity contribution in [2.24, 2.45) is 0 Å². The minimum absolute atomic E-state index is 0.0984. The van der Waals surface area contributed by atoms with Gasteiger partial charge in [-0.2, -0.15) is 0 Å². The van der Waals surface area contributed by atoms with Crippen LogP contribution in [0, 0.1) is 0 Å². The van der Waals surface area contributed by atoms with Crippen molar-refractivity contribution >= 4 is 17.8 Å². The number of hydrogen-bond acceptors (Lipinski definition) is 6. The summed E-state index contributed by atoms with van der Waals surface area (Å²) in [7, 11) is 1.28. The molecule has 0 saturated carbocycles. The van der Waals surface area contributed by atoms with Crippen LogP contribution in [0.5, 0.6) is 0 Å². The molecule has 2 fully saturated rings. The van der Waals surface area contributed by atoms with Crippen LogP contribution in [0.2, 0.25) is 0 Å². The highest BCUT2D eigenvalue weighted by molar-refractivity contribution is 5.92. The Kier molecular flexibility index (Phi) is 6.35. The summed E-state index contributed by atoms with van der Waals surface area (Å²) in [5, 5.41) is 2.70. The van der Waals surface area contributed by atoms with Crippen molar-refractivity contribution < 1.29 is 19.1 Å². The first kappa shape index (κ1) is 17.7. The maximum absolute atomic E-state index is 12.6. The van der Waals surface area contributed by atoms with Crippen LogP contribution in [-0.4, -0.2) is 98.0 Å². The van der Waals surface area contributed by atoms with Gasteiger partial charge in [0.15, 0.2) is 0 Å². The van der Waals surface area contributed by atoms with Gasteiger partial charge in [0.25, 0.3) is 0 Å². The van der Waals surface area contributed by atoms with Crippen LogP contribution < -0.4 is 5.32 Å². The number of rotatable bonds is 5. The molecule has 1 atom stereocenters. The van der Waals surface area contributed by atoms with E-state index in [1.54, 1.807) is 0 Å². The molecule has 2 rings (SSSR count). The van der Waals surface area contributed by atoms with E-state index in [0.29, 0.717) is 19.6 Å². The van der Waals surface area contributed by atoms with Crippen molar-refractivity contribution in [2.75, 3.05) is 59.5 Å². The summed E-state index contributed by atoms with van der Waals surface area (Å²) in [6.07, 6.45) is -0.0995. The molecule has 0 radical (unpaired) electrons. The standard InChI is InChI=1S/C15H26N4O4/c1-3-17-6-8-18(9-7-17)11-13(20)19-5-4-16-15(22)12(19)10-14(21)23-2/h12H,3-11H2,1-2H3,(H,16,22)/t12-/m0/s1. The number of carbonyl (C=O) groups is 3. The highest BCUT2D eigenvalue weighted by atomic mass is 16.5. The third-order valence-corrected chi connectivity index (χ3v) is 4.51. The zero-order valence-corrected chi connectivity index (χ0v) is 13.9. The Morgan fingerprint density at radius 2 is 1.83 bits per heavy atom. The average molecular weight is 326 g/mol. The van der Waals surface area contributed by atoms with E-state index < -0.39 is 12.0 Å². The fourth-order valence-electron chi connectivity index (χ4n) is 3.00. The predicted octanol–water partition coefficient (Wildman–Crippen LogP) is -1.49. The Bertz CT molecular complexity index is 449. The van der Waals surface area contributed by atoms with Crippen LogP contribution in [0.15, 0.2) is 0 Å². The minimum atomic E-state index is -0.763. The molecule has 2 amide bonds. The van der Waals surface area contributed by atoms with E-state index in [9.17, 15) is 14.4 Å². The summed E-state index contributed by atoms with van der Waals surface area (Å²) in [6, 6.07) is -0.763. The summed E-state index contributed by atoms with van der Waals surface area (Å²) < 4.78 is 4.63. The molecule has 23 heavy (non-hydrogen) atoms. The Morgan fingerprint density at radius 3 is 2.43 bits per heavy atom. The minimum Gasteiger partial charge on any atom is -0.469 e. The van der Waals surface area contributed by atoms with Crippen molar-refractivity contribution in [3.05, 3.63) is 0 Å². The van der Waals surface area contributed by atoms with Crippen molar-refractivity contribution in [1.29, 1.82) is 0 Å². The van der Waals surface area contributed by atoms with Gasteiger partial charge in [0, 0.05) is 39.3 Å². The molecule has 8 heteroatoms. The van der Waals surface area contributed by atoms with Gasteiger partial charge in [-0.15, -0.1) is 0 Å². The van der Waals surface area contributed by atoms with Crippen molar-refractivity contribution in [2.45, 2.75) is 19.4 Å². The molecule has 0 unspecified atom stereocenters. The van der Waals surface area contributed by atoms with Crippen molar-refractivity contribution in [3.63, 3.8) is 0 Å². The van der Waals surface area contributed by atoms with Gasteiger partial charge in [-0.05, 0) is 6.54 Å². The first-order valence-electron chi connectivity index (χ1n) is 8.13. The largest absolute Gasteiger partial charge is 0.469 e. The molecule has 130 valence electrons. The first-order valence-corrected chi connectivity index (χ1v) is 8.13. The number of nitrogens with zero attached hydrogens (tertiary/aromatic N) is 3. The molecule has 2 saturated heterocycles. The van der Waals surface area contributed by atoms with Crippen LogP contribution in [0.4, 0.5) is 0 Å². The number of esters is 1. The maximum Gasteiger partial charge on any atom is 0.308 e. The van der Waals surface area contributed by atoms with E-state index in [4.69, 9.17) is 0 Å². The fraction of sp³-hybridized carbons (Fsp3) is 0.800. The summed E-state index contributed by atoms with van der Waals surface area (Å²) in [5.74, 6) is -0.870. The number of likely N-dealkylation sites (N-methyl/N-ethyl adjacent to an activating group) is 1. The Morgan fingerprint density at radius 1 is 1.17 bits per heavy atom. The molecule has 0 bridgehead atoms. The highest BCUT2D eigenvalue weighted by Gasteiger charge is 2.35. The summed E-state index contributed by atoms with van der Waals surface area (Å²) in [4.78, 5) is 42.0. The smallest absolute Gasteiger partial charge is 0.308 e. The van der Waals surface area contributed by atoms with E-state index in [1.165, 1.54) is 12.0 Å². The average Bonchev–Trinajstić information content (AvgIpc) is 2.57. The van der Waals surface area contributed by atoms with Crippen molar-refractivity contribution in [3.8, 4) is 0 Å². The lowest BCUT2D eigenvalue weighted by atomic mass is 10.1. The molecule has 2 aliphatic heterocycles. The van der Waals surface area contributed by atoms with Gasteiger partial charge in [0.1, 0.15) is 6.04 Å². The van der Waals surface area contributed by atoms with Gasteiger partial charge >= 0.3 is 5.97 Å². The number of carbonyl (C=O) groups excluding carboxylic acids is 3. The molecule has 0 aromatic rings. The van der Waals surface area contributed by atoms with Gasteiger partial charge in [0.2, 0.25) is 11.8 Å². The van der Waals surface area contributed by atoms with Gasteiger partial charge in [0.05, 0.1) is 20.1 Å².